The zero-order valence-corrected chi connectivity index (χ0v) is 13.9. The molecule has 2 aromatic rings. The molecular formula is C18H19NO3S. The van der Waals surface area contributed by atoms with Crippen LogP contribution in [-0.2, 0) is 14.8 Å². The van der Waals surface area contributed by atoms with Crippen molar-refractivity contribution in [1.82, 2.24) is 4.72 Å². The van der Waals surface area contributed by atoms with Gasteiger partial charge in [-0.2, -0.15) is 4.72 Å². The number of rotatable bonds is 6. The predicted molar refractivity (Wildman–Crippen MR) is 90.5 cm³/mol. The molecule has 5 heteroatoms. The first kappa shape index (κ1) is 17.1. The third-order valence-corrected chi connectivity index (χ3v) is 4.98. The molecule has 1 unspecified atom stereocenters. The van der Waals surface area contributed by atoms with Crippen molar-refractivity contribution < 1.29 is 13.2 Å². The second-order valence-corrected chi connectivity index (χ2v) is 6.90. The Hall–Kier alpha value is -2.24. The van der Waals surface area contributed by atoms with Gasteiger partial charge in [-0.25, -0.2) is 8.42 Å². The maximum absolute atomic E-state index is 12.6. The van der Waals surface area contributed by atoms with Gasteiger partial charge in [0.1, 0.15) is 6.29 Å². The van der Waals surface area contributed by atoms with Crippen LogP contribution in [0.1, 0.15) is 24.1 Å². The molecule has 0 saturated heterocycles. The van der Waals surface area contributed by atoms with Crippen LogP contribution in [0.2, 0.25) is 0 Å². The van der Waals surface area contributed by atoms with Gasteiger partial charge in [-0.1, -0.05) is 54.1 Å². The molecule has 0 bridgehead atoms. The number of aldehydes is 1. The van der Waals surface area contributed by atoms with Crippen molar-refractivity contribution in [3.8, 4) is 0 Å². The number of carbonyl (C=O) groups is 1. The fraction of sp³-hybridized carbons (Fsp3) is 0.167. The number of nitrogens with one attached hydrogen (secondary N) is 1. The maximum Gasteiger partial charge on any atom is 0.241 e. The van der Waals surface area contributed by atoms with E-state index in [9.17, 15) is 13.2 Å². The van der Waals surface area contributed by atoms with Gasteiger partial charge in [-0.05, 0) is 31.5 Å². The molecule has 1 atom stereocenters. The highest BCUT2D eigenvalue weighted by Crippen LogP contribution is 2.23. The highest BCUT2D eigenvalue weighted by Gasteiger charge is 2.23. The average Bonchev–Trinajstić information content (AvgIpc) is 2.56. The number of aryl methyl sites for hydroxylation is 1. The molecule has 120 valence electrons. The number of sulfonamides is 1. The summed E-state index contributed by atoms with van der Waals surface area (Å²) in [7, 11) is -3.74. The van der Waals surface area contributed by atoms with E-state index in [4.69, 9.17) is 0 Å². The summed E-state index contributed by atoms with van der Waals surface area (Å²) in [6, 6.07) is 14.9. The van der Waals surface area contributed by atoms with Crippen LogP contribution in [-0.4, -0.2) is 14.7 Å². The van der Waals surface area contributed by atoms with Crippen LogP contribution in [0.3, 0.4) is 0 Å². The molecule has 0 fully saturated rings. The normalized spacial score (nSPS) is 13.6. The van der Waals surface area contributed by atoms with Crippen LogP contribution in [0.5, 0.6) is 0 Å². The highest BCUT2D eigenvalue weighted by atomic mass is 32.2. The van der Waals surface area contributed by atoms with E-state index in [0.717, 1.165) is 5.56 Å². The number of benzene rings is 2. The molecule has 23 heavy (non-hydrogen) atoms. The lowest BCUT2D eigenvalue weighted by molar-refractivity contribution is -0.105. The molecule has 0 aliphatic carbocycles. The van der Waals surface area contributed by atoms with Crippen LogP contribution in [0.25, 0.3) is 0 Å². The number of hydrogen-bond donors (Lipinski definition) is 1. The van der Waals surface area contributed by atoms with E-state index in [1.165, 1.54) is 0 Å². The minimum absolute atomic E-state index is 0.172. The summed E-state index contributed by atoms with van der Waals surface area (Å²) in [4.78, 5) is 11.5. The SMILES string of the molecule is C/C=C(\C=O)C(NS(=O)(=O)c1ccc(C)cc1)c1ccccc1. The van der Waals surface area contributed by atoms with Crippen molar-refractivity contribution in [1.29, 1.82) is 0 Å². The lowest BCUT2D eigenvalue weighted by Gasteiger charge is -2.19. The molecule has 0 aliphatic heterocycles. The van der Waals surface area contributed by atoms with Crippen LogP contribution in [0.4, 0.5) is 0 Å². The second kappa shape index (κ2) is 7.35. The van der Waals surface area contributed by atoms with Gasteiger partial charge in [0.05, 0.1) is 10.9 Å². The Morgan fingerprint density at radius 1 is 1.04 bits per heavy atom. The van der Waals surface area contributed by atoms with Crippen LogP contribution >= 0.6 is 0 Å². The third kappa shape index (κ3) is 4.15. The van der Waals surface area contributed by atoms with Crippen molar-refractivity contribution in [2.45, 2.75) is 24.8 Å². The van der Waals surface area contributed by atoms with Crippen molar-refractivity contribution in [3.05, 3.63) is 77.4 Å². The topological polar surface area (TPSA) is 63.2 Å². The third-order valence-electron chi connectivity index (χ3n) is 3.54. The first-order valence-electron chi connectivity index (χ1n) is 7.23. The maximum atomic E-state index is 12.6. The van der Waals surface area contributed by atoms with E-state index < -0.39 is 16.1 Å². The molecule has 0 radical (unpaired) electrons. The fourth-order valence-electron chi connectivity index (χ4n) is 2.22. The summed E-state index contributed by atoms with van der Waals surface area (Å²) in [5.41, 5.74) is 2.06. The second-order valence-electron chi connectivity index (χ2n) is 5.18. The van der Waals surface area contributed by atoms with Gasteiger partial charge in [-0.15, -0.1) is 0 Å². The van der Waals surface area contributed by atoms with Gasteiger partial charge in [0, 0.05) is 5.57 Å². The zero-order valence-electron chi connectivity index (χ0n) is 13.1. The number of allylic oxidation sites excluding steroid dienone is 1. The molecule has 0 spiro atoms. The Balaban J connectivity index is 2.41. The van der Waals surface area contributed by atoms with Gasteiger partial charge in [0.2, 0.25) is 10.0 Å². The molecule has 4 nitrogen and oxygen atoms in total. The molecule has 0 amide bonds. The summed E-state index contributed by atoms with van der Waals surface area (Å²) < 4.78 is 27.8. The first-order chi connectivity index (χ1) is 11.0. The van der Waals surface area contributed by atoms with Gasteiger partial charge in [0.25, 0.3) is 0 Å². The molecule has 0 aliphatic rings. The lowest BCUT2D eigenvalue weighted by Crippen LogP contribution is -2.30. The standard InChI is InChI=1S/C18H19NO3S/c1-3-15(13-20)18(16-7-5-4-6-8-16)19-23(21,22)17-11-9-14(2)10-12-17/h3-13,18-19H,1-2H3/b15-3+. The summed E-state index contributed by atoms with van der Waals surface area (Å²) in [5, 5.41) is 0. The van der Waals surface area contributed by atoms with Crippen molar-refractivity contribution in [2.24, 2.45) is 0 Å². The Labute approximate surface area is 136 Å². The molecule has 0 aromatic heterocycles. The number of hydrogen-bond acceptors (Lipinski definition) is 3. The van der Waals surface area contributed by atoms with Crippen LogP contribution < -0.4 is 4.72 Å². The Bertz CT molecular complexity index is 794. The van der Waals surface area contributed by atoms with Gasteiger partial charge in [-0.3, -0.25) is 4.79 Å². The Morgan fingerprint density at radius 2 is 1.65 bits per heavy atom. The first-order valence-corrected chi connectivity index (χ1v) is 8.71. The summed E-state index contributed by atoms with van der Waals surface area (Å²) in [6.07, 6.45) is 2.29. The number of carbonyl (C=O) groups excluding carboxylic acids is 1. The average molecular weight is 329 g/mol. The minimum Gasteiger partial charge on any atom is -0.298 e. The van der Waals surface area contributed by atoms with Crippen LogP contribution in [0, 0.1) is 6.92 Å². The van der Waals surface area contributed by atoms with Crippen LogP contribution in [0.15, 0.2) is 71.1 Å². The van der Waals surface area contributed by atoms with Gasteiger partial charge in [0.15, 0.2) is 0 Å². The Kier molecular flexibility index (Phi) is 5.47. The van der Waals surface area contributed by atoms with Crippen molar-refractivity contribution >= 4 is 16.3 Å². The Morgan fingerprint density at radius 3 is 2.17 bits per heavy atom. The molecule has 2 aromatic carbocycles. The largest absolute Gasteiger partial charge is 0.298 e. The smallest absolute Gasteiger partial charge is 0.241 e. The lowest BCUT2D eigenvalue weighted by atomic mass is 10.0. The molecule has 0 saturated carbocycles. The minimum atomic E-state index is -3.74. The van der Waals surface area contributed by atoms with E-state index in [1.54, 1.807) is 61.5 Å². The molecular weight excluding hydrogens is 310 g/mol. The van der Waals surface area contributed by atoms with Gasteiger partial charge < -0.3 is 0 Å². The van der Waals surface area contributed by atoms with E-state index >= 15 is 0 Å². The monoisotopic (exact) mass is 329 g/mol. The van der Waals surface area contributed by atoms with Crippen molar-refractivity contribution in [2.75, 3.05) is 0 Å². The fourth-order valence-corrected chi connectivity index (χ4v) is 3.43. The molecule has 0 heterocycles. The van der Waals surface area contributed by atoms with Crippen molar-refractivity contribution in [3.63, 3.8) is 0 Å². The highest BCUT2D eigenvalue weighted by molar-refractivity contribution is 7.89. The van der Waals surface area contributed by atoms with E-state index in [2.05, 4.69) is 4.72 Å². The summed E-state index contributed by atoms with van der Waals surface area (Å²) in [6.45, 7) is 3.60. The van der Waals surface area contributed by atoms with E-state index in [-0.39, 0.29) is 4.90 Å². The summed E-state index contributed by atoms with van der Waals surface area (Å²) >= 11 is 0. The van der Waals surface area contributed by atoms with E-state index in [0.29, 0.717) is 17.4 Å². The molecule has 2 rings (SSSR count). The van der Waals surface area contributed by atoms with E-state index in [1.807, 2.05) is 13.0 Å². The molecule has 1 N–H and O–H groups in total. The quantitative estimate of drug-likeness (QED) is 0.654. The zero-order chi connectivity index (χ0) is 16.9. The predicted octanol–water partition coefficient (Wildman–Crippen LogP) is 3.16. The van der Waals surface area contributed by atoms with Gasteiger partial charge >= 0.3 is 0 Å². The summed E-state index contributed by atoms with van der Waals surface area (Å²) in [5.74, 6) is 0.